The van der Waals surface area contributed by atoms with E-state index in [2.05, 4.69) is 43.5 Å². The van der Waals surface area contributed by atoms with E-state index in [1.807, 2.05) is 0 Å². The summed E-state index contributed by atoms with van der Waals surface area (Å²) in [4.78, 5) is 12.5. The van der Waals surface area contributed by atoms with Crippen molar-refractivity contribution in [1.29, 1.82) is 0 Å². The third-order valence-corrected chi connectivity index (χ3v) is 12.0. The van der Waals surface area contributed by atoms with Crippen LogP contribution in [0.25, 0.3) is 0 Å². The largest absolute Gasteiger partial charge is 0.394 e. The molecule has 0 heterocycles. The Balaban J connectivity index is 3.52. The van der Waals surface area contributed by atoms with Crippen LogP contribution in [0, 0.1) is 0 Å². The second kappa shape index (κ2) is 47.5. The lowest BCUT2D eigenvalue weighted by Gasteiger charge is -2.23. The SMILES string of the molecule is CCCCCCCCCCC/C=C\C/C=C\CCCCCCCCCCCCCCCC(O)CC(=O)NC(CO)C(O)CCCCCCCCCCCCCCC. The molecule has 0 aromatic heterocycles. The first-order valence-corrected chi connectivity index (χ1v) is 25.6. The number of hydrogen-bond acceptors (Lipinski definition) is 4. The van der Waals surface area contributed by atoms with E-state index >= 15 is 0 Å². The maximum Gasteiger partial charge on any atom is 0.222 e. The molecule has 338 valence electrons. The second-order valence-corrected chi connectivity index (χ2v) is 17.8. The Morgan fingerprint density at radius 1 is 0.439 bits per heavy atom. The van der Waals surface area contributed by atoms with Crippen molar-refractivity contribution < 1.29 is 20.1 Å². The minimum Gasteiger partial charge on any atom is -0.394 e. The Hall–Kier alpha value is -1.17. The van der Waals surface area contributed by atoms with Crippen LogP contribution in [0.5, 0.6) is 0 Å². The molecule has 57 heavy (non-hydrogen) atoms. The molecule has 3 atom stereocenters. The Bertz CT molecular complexity index is 844. The summed E-state index contributed by atoms with van der Waals surface area (Å²) in [6.45, 7) is 4.27. The summed E-state index contributed by atoms with van der Waals surface area (Å²) < 4.78 is 0. The Labute approximate surface area is 356 Å². The molecule has 0 saturated heterocycles. The summed E-state index contributed by atoms with van der Waals surface area (Å²) in [5.74, 6) is -0.281. The van der Waals surface area contributed by atoms with Gasteiger partial charge in [0.25, 0.3) is 0 Å². The molecule has 5 heteroatoms. The highest BCUT2D eigenvalue weighted by atomic mass is 16.3. The number of aliphatic hydroxyl groups is 3. The fraction of sp³-hybridized carbons (Fsp3) is 0.904. The average molecular weight is 804 g/mol. The Morgan fingerprint density at radius 2 is 0.754 bits per heavy atom. The zero-order valence-corrected chi connectivity index (χ0v) is 38.5. The molecule has 0 fully saturated rings. The van der Waals surface area contributed by atoms with E-state index in [0.29, 0.717) is 12.8 Å². The van der Waals surface area contributed by atoms with Crippen molar-refractivity contribution in [2.24, 2.45) is 0 Å². The molecule has 1 amide bonds. The highest BCUT2D eigenvalue weighted by Gasteiger charge is 2.21. The molecular weight excluding hydrogens is 703 g/mol. The van der Waals surface area contributed by atoms with Crippen molar-refractivity contribution >= 4 is 5.91 Å². The van der Waals surface area contributed by atoms with Crippen LogP contribution in [0.1, 0.15) is 277 Å². The van der Waals surface area contributed by atoms with E-state index in [9.17, 15) is 20.1 Å². The topological polar surface area (TPSA) is 89.8 Å². The van der Waals surface area contributed by atoms with Crippen molar-refractivity contribution in [3.8, 4) is 0 Å². The molecule has 0 saturated carbocycles. The zero-order valence-electron chi connectivity index (χ0n) is 38.5. The number of aliphatic hydroxyl groups excluding tert-OH is 3. The quantitative estimate of drug-likeness (QED) is 0.0364. The van der Waals surface area contributed by atoms with Gasteiger partial charge in [0.1, 0.15) is 0 Å². The van der Waals surface area contributed by atoms with Gasteiger partial charge < -0.3 is 20.6 Å². The molecule has 4 N–H and O–H groups in total. The van der Waals surface area contributed by atoms with Crippen LogP contribution < -0.4 is 5.32 Å². The maximum absolute atomic E-state index is 12.5. The van der Waals surface area contributed by atoms with Crippen LogP contribution in [-0.4, -0.2) is 46.1 Å². The molecule has 0 radical (unpaired) electrons. The molecule has 0 aliphatic carbocycles. The highest BCUT2D eigenvalue weighted by molar-refractivity contribution is 5.76. The molecule has 0 aromatic rings. The number of allylic oxidation sites excluding steroid dienone is 4. The number of nitrogens with one attached hydrogen (secondary N) is 1. The van der Waals surface area contributed by atoms with Gasteiger partial charge in [-0.25, -0.2) is 0 Å². The lowest BCUT2D eigenvalue weighted by atomic mass is 10.0. The number of amides is 1. The van der Waals surface area contributed by atoms with Crippen LogP contribution >= 0.6 is 0 Å². The molecule has 0 rings (SSSR count). The van der Waals surface area contributed by atoms with E-state index in [4.69, 9.17) is 0 Å². The van der Waals surface area contributed by atoms with Gasteiger partial charge in [0, 0.05) is 0 Å². The molecule has 0 aliphatic rings. The Kier molecular flexibility index (Phi) is 46.5. The Morgan fingerprint density at radius 3 is 1.11 bits per heavy atom. The lowest BCUT2D eigenvalue weighted by Crippen LogP contribution is -2.46. The van der Waals surface area contributed by atoms with E-state index in [1.54, 1.807) is 0 Å². The summed E-state index contributed by atoms with van der Waals surface area (Å²) in [5, 5.41) is 33.5. The van der Waals surface area contributed by atoms with Crippen LogP contribution in [0.4, 0.5) is 0 Å². The minimum atomic E-state index is -0.747. The maximum atomic E-state index is 12.5. The van der Waals surface area contributed by atoms with Crippen molar-refractivity contribution in [2.45, 2.75) is 295 Å². The fourth-order valence-corrected chi connectivity index (χ4v) is 8.08. The molecule has 0 aromatic carbocycles. The van der Waals surface area contributed by atoms with Gasteiger partial charge in [-0.05, 0) is 44.9 Å². The first kappa shape index (κ1) is 55.8. The first-order chi connectivity index (χ1) is 28.0. The average Bonchev–Trinajstić information content (AvgIpc) is 3.20. The molecule has 0 spiro atoms. The van der Waals surface area contributed by atoms with Crippen LogP contribution in [0.3, 0.4) is 0 Å². The van der Waals surface area contributed by atoms with Gasteiger partial charge in [0.05, 0.1) is 31.3 Å². The normalized spacial score (nSPS) is 13.6. The third-order valence-electron chi connectivity index (χ3n) is 12.0. The summed E-state index contributed by atoms with van der Waals surface area (Å²) in [6, 6.07) is -0.656. The molecule has 3 unspecified atom stereocenters. The van der Waals surface area contributed by atoms with Gasteiger partial charge in [-0.3, -0.25) is 4.79 Å². The van der Waals surface area contributed by atoms with Crippen molar-refractivity contribution in [2.75, 3.05) is 6.61 Å². The smallest absolute Gasteiger partial charge is 0.222 e. The predicted molar refractivity (Wildman–Crippen MR) is 250 cm³/mol. The van der Waals surface area contributed by atoms with Crippen LogP contribution in [0.15, 0.2) is 24.3 Å². The van der Waals surface area contributed by atoms with E-state index in [1.165, 1.54) is 212 Å². The monoisotopic (exact) mass is 804 g/mol. The highest BCUT2D eigenvalue weighted by Crippen LogP contribution is 2.17. The van der Waals surface area contributed by atoms with E-state index in [0.717, 1.165) is 32.1 Å². The van der Waals surface area contributed by atoms with Gasteiger partial charge >= 0.3 is 0 Å². The van der Waals surface area contributed by atoms with E-state index in [-0.39, 0.29) is 18.9 Å². The molecule has 0 aliphatic heterocycles. The van der Waals surface area contributed by atoms with Crippen LogP contribution in [-0.2, 0) is 4.79 Å². The number of hydrogen-bond donors (Lipinski definition) is 4. The van der Waals surface area contributed by atoms with E-state index < -0.39 is 18.2 Å². The van der Waals surface area contributed by atoms with Gasteiger partial charge in [-0.2, -0.15) is 0 Å². The second-order valence-electron chi connectivity index (χ2n) is 17.8. The first-order valence-electron chi connectivity index (χ1n) is 25.6. The number of carbonyl (C=O) groups is 1. The summed E-state index contributed by atoms with van der Waals surface area (Å²) in [7, 11) is 0. The van der Waals surface area contributed by atoms with Crippen molar-refractivity contribution in [3.63, 3.8) is 0 Å². The summed E-state index contributed by atoms with van der Waals surface area (Å²) in [5.41, 5.74) is 0. The van der Waals surface area contributed by atoms with Crippen molar-refractivity contribution in [3.05, 3.63) is 24.3 Å². The minimum absolute atomic E-state index is 0.0381. The standard InChI is InChI=1S/C52H101NO4/c1-3-5-7-9-11-13-15-17-18-19-20-21-22-23-24-25-26-27-28-29-30-31-32-34-35-37-39-41-43-45-49(55)47-52(57)53-50(48-54)51(56)46-44-42-40-38-36-33-16-14-12-10-8-6-4-2/h20-21,23-24,49-51,54-56H,3-19,22,25-48H2,1-2H3,(H,53,57)/b21-20-,24-23-. The molecule has 5 nitrogen and oxygen atoms in total. The number of carbonyl (C=O) groups excluding carboxylic acids is 1. The summed E-state index contributed by atoms with van der Waals surface area (Å²) in [6.07, 6.45) is 58.9. The fourth-order valence-electron chi connectivity index (χ4n) is 8.08. The number of rotatable bonds is 47. The van der Waals surface area contributed by atoms with Crippen molar-refractivity contribution in [1.82, 2.24) is 5.32 Å². The van der Waals surface area contributed by atoms with Gasteiger partial charge in [-0.15, -0.1) is 0 Å². The predicted octanol–water partition coefficient (Wildman–Crippen LogP) is 15.3. The molecule has 0 bridgehead atoms. The van der Waals surface area contributed by atoms with Crippen LogP contribution in [0.2, 0.25) is 0 Å². The zero-order chi connectivity index (χ0) is 41.5. The number of unbranched alkanes of at least 4 members (excludes halogenated alkanes) is 34. The van der Waals surface area contributed by atoms with Gasteiger partial charge in [-0.1, -0.05) is 250 Å². The molecular formula is C52H101NO4. The lowest BCUT2D eigenvalue weighted by molar-refractivity contribution is -0.125. The van der Waals surface area contributed by atoms with Gasteiger partial charge in [0.15, 0.2) is 0 Å². The summed E-state index contributed by atoms with van der Waals surface area (Å²) >= 11 is 0. The third kappa shape index (κ3) is 44.2. The van der Waals surface area contributed by atoms with Gasteiger partial charge in [0.2, 0.25) is 5.91 Å².